The minimum absolute atomic E-state index is 0.0185. The lowest BCUT2D eigenvalue weighted by Gasteiger charge is -2.31. The van der Waals surface area contributed by atoms with Gasteiger partial charge in [-0.05, 0) is 88.7 Å². The smallest absolute Gasteiger partial charge is 0.255 e. The molecular formula is C32H42F3N5O4S. The van der Waals surface area contributed by atoms with E-state index in [4.69, 9.17) is 4.74 Å². The lowest BCUT2D eigenvalue weighted by atomic mass is 9.93. The molecule has 1 amide bonds. The average Bonchev–Trinajstić information content (AvgIpc) is 3.62. The van der Waals surface area contributed by atoms with E-state index in [2.05, 4.69) is 20.8 Å². The number of sulfonamides is 1. The maximum atomic E-state index is 14.6. The first-order valence-corrected chi connectivity index (χ1v) is 17.2. The van der Waals surface area contributed by atoms with Gasteiger partial charge in [0, 0.05) is 36.9 Å². The van der Waals surface area contributed by atoms with E-state index >= 15 is 0 Å². The molecule has 45 heavy (non-hydrogen) atoms. The van der Waals surface area contributed by atoms with Crippen LogP contribution in [0.3, 0.4) is 0 Å². The Balaban J connectivity index is 1.38. The van der Waals surface area contributed by atoms with E-state index in [0.717, 1.165) is 66.8 Å². The van der Waals surface area contributed by atoms with E-state index < -0.39 is 40.8 Å². The Labute approximate surface area is 262 Å². The Morgan fingerprint density at radius 1 is 1.18 bits per heavy atom. The number of hydrogen-bond donors (Lipinski definition) is 1. The Hall–Kier alpha value is -3.00. The number of ether oxygens (including phenoxy) is 1. The molecule has 13 heteroatoms. The van der Waals surface area contributed by atoms with E-state index in [0.29, 0.717) is 17.7 Å². The standard InChI is InChI=1S/C32H42F3N5O4S/c1-5-45(42,43)37-25-7-8-26(44-19-25)17-38-11-10-22(15-38)23-12-28(30-14-36-21(4)40(30)16-23)27-9-6-24(33)13-29(27)32(41)39(20(2)3)18-31(34)35/h6,9,12-14,16,20,22,25-26,31,37H,5,7-8,10-11,15,17-19H2,1-4H3/t22-,25-,26+/m1/s1. The summed E-state index contributed by atoms with van der Waals surface area (Å²) in [6, 6.07) is 5.26. The van der Waals surface area contributed by atoms with Gasteiger partial charge in [0.15, 0.2) is 0 Å². The molecule has 9 nitrogen and oxygen atoms in total. The van der Waals surface area contributed by atoms with Gasteiger partial charge in [-0.3, -0.25) is 4.79 Å². The van der Waals surface area contributed by atoms with E-state index in [-0.39, 0.29) is 29.4 Å². The van der Waals surface area contributed by atoms with Gasteiger partial charge < -0.3 is 18.9 Å². The molecule has 246 valence electrons. The van der Waals surface area contributed by atoms with Crippen LogP contribution in [0.5, 0.6) is 0 Å². The van der Waals surface area contributed by atoms with Gasteiger partial charge in [-0.2, -0.15) is 0 Å². The monoisotopic (exact) mass is 649 g/mol. The molecule has 1 N–H and O–H groups in total. The highest BCUT2D eigenvalue weighted by Crippen LogP contribution is 2.36. The van der Waals surface area contributed by atoms with Gasteiger partial charge in [0.05, 0.1) is 42.3 Å². The van der Waals surface area contributed by atoms with Crippen LogP contribution in [0.15, 0.2) is 36.7 Å². The van der Waals surface area contributed by atoms with Crippen molar-refractivity contribution in [1.29, 1.82) is 0 Å². The van der Waals surface area contributed by atoms with Crippen LogP contribution in [-0.2, 0) is 14.8 Å². The van der Waals surface area contributed by atoms with Gasteiger partial charge in [0.25, 0.3) is 12.3 Å². The third-order valence-corrected chi connectivity index (χ3v) is 10.3. The zero-order valence-electron chi connectivity index (χ0n) is 26.2. The summed E-state index contributed by atoms with van der Waals surface area (Å²) >= 11 is 0. The predicted molar refractivity (Wildman–Crippen MR) is 167 cm³/mol. The summed E-state index contributed by atoms with van der Waals surface area (Å²) in [5.74, 6) is -0.298. The number of carbonyl (C=O) groups is 1. The second-order valence-corrected chi connectivity index (χ2v) is 14.4. The number of hydrogen-bond acceptors (Lipinski definition) is 6. The predicted octanol–water partition coefficient (Wildman–Crippen LogP) is 4.84. The molecule has 4 heterocycles. The van der Waals surface area contributed by atoms with Crippen molar-refractivity contribution in [2.75, 3.05) is 38.5 Å². The molecule has 2 aliphatic heterocycles. The molecule has 2 saturated heterocycles. The fraction of sp³-hybridized carbons (Fsp3) is 0.562. The fourth-order valence-electron chi connectivity index (χ4n) is 6.38. The number of likely N-dealkylation sites (tertiary alicyclic amines) is 1. The van der Waals surface area contributed by atoms with Crippen LogP contribution in [0.2, 0.25) is 0 Å². The molecule has 3 atom stereocenters. The SMILES string of the molecule is CCS(=O)(=O)N[C@@H]1CC[C@@H](CN2CC[C@@H](c3cc(-c4ccc(F)cc4C(=O)N(CC(F)F)C(C)C)c4cnc(C)n4c3)C2)OC1. The quantitative estimate of drug-likeness (QED) is 0.320. The Kier molecular flexibility index (Phi) is 10.2. The van der Waals surface area contributed by atoms with Crippen LogP contribution < -0.4 is 4.72 Å². The number of aryl methyl sites for hydroxylation is 1. The van der Waals surface area contributed by atoms with Crippen LogP contribution in [0.4, 0.5) is 13.2 Å². The highest BCUT2D eigenvalue weighted by molar-refractivity contribution is 7.89. The molecule has 2 aromatic heterocycles. The van der Waals surface area contributed by atoms with Crippen molar-refractivity contribution >= 4 is 21.4 Å². The molecule has 0 spiro atoms. The van der Waals surface area contributed by atoms with Gasteiger partial charge in [0.1, 0.15) is 11.6 Å². The third-order valence-electron chi connectivity index (χ3n) is 8.87. The van der Waals surface area contributed by atoms with E-state index in [1.54, 1.807) is 33.0 Å². The van der Waals surface area contributed by atoms with Gasteiger partial charge in [0.2, 0.25) is 10.0 Å². The number of rotatable bonds is 11. The maximum absolute atomic E-state index is 14.6. The lowest BCUT2D eigenvalue weighted by molar-refractivity contribution is -0.0141. The van der Waals surface area contributed by atoms with Crippen molar-refractivity contribution in [3.8, 4) is 11.1 Å². The van der Waals surface area contributed by atoms with Gasteiger partial charge >= 0.3 is 0 Å². The van der Waals surface area contributed by atoms with E-state index in [9.17, 15) is 26.4 Å². The maximum Gasteiger partial charge on any atom is 0.255 e. The number of nitrogens with zero attached hydrogens (tertiary/aromatic N) is 4. The van der Waals surface area contributed by atoms with Crippen LogP contribution in [0.25, 0.3) is 16.6 Å². The molecule has 0 radical (unpaired) electrons. The first-order chi connectivity index (χ1) is 21.3. The highest BCUT2D eigenvalue weighted by atomic mass is 32.2. The van der Waals surface area contributed by atoms with Gasteiger partial charge in [-0.1, -0.05) is 6.07 Å². The number of halogens is 3. The lowest BCUT2D eigenvalue weighted by Crippen LogP contribution is -2.45. The minimum atomic E-state index is -3.27. The summed E-state index contributed by atoms with van der Waals surface area (Å²) in [6.45, 7) is 8.83. The molecule has 0 saturated carbocycles. The summed E-state index contributed by atoms with van der Waals surface area (Å²) in [5.41, 5.74) is 2.96. The van der Waals surface area contributed by atoms with Gasteiger partial charge in [-0.15, -0.1) is 0 Å². The first kappa shape index (κ1) is 33.4. The molecule has 1 aromatic carbocycles. The topological polar surface area (TPSA) is 96.2 Å². The molecular weight excluding hydrogens is 607 g/mol. The Morgan fingerprint density at radius 3 is 2.62 bits per heavy atom. The second kappa shape index (κ2) is 13.8. The van der Waals surface area contributed by atoms with Crippen molar-refractivity contribution in [3.63, 3.8) is 0 Å². The van der Waals surface area contributed by atoms with Crippen LogP contribution in [-0.4, -0.2) is 96.7 Å². The van der Waals surface area contributed by atoms with Gasteiger partial charge in [-0.25, -0.2) is 31.3 Å². The largest absolute Gasteiger partial charge is 0.375 e. The minimum Gasteiger partial charge on any atom is -0.375 e. The average molecular weight is 650 g/mol. The normalized spacial score (nSPS) is 21.3. The third kappa shape index (κ3) is 7.70. The van der Waals surface area contributed by atoms with Crippen molar-refractivity contribution in [2.45, 2.75) is 77.5 Å². The fourth-order valence-corrected chi connectivity index (χ4v) is 7.24. The number of imidazole rings is 1. The number of nitrogens with one attached hydrogen (secondary N) is 1. The van der Waals surface area contributed by atoms with E-state index in [1.807, 2.05) is 17.4 Å². The van der Waals surface area contributed by atoms with E-state index in [1.165, 1.54) is 6.07 Å². The summed E-state index contributed by atoms with van der Waals surface area (Å²) in [5, 5.41) is 0. The summed E-state index contributed by atoms with van der Waals surface area (Å²) in [4.78, 5) is 21.6. The zero-order chi connectivity index (χ0) is 32.5. The van der Waals surface area contributed by atoms with Crippen molar-refractivity contribution in [1.82, 2.24) is 23.9 Å². The number of amides is 1. The van der Waals surface area contributed by atoms with Crippen LogP contribution in [0, 0.1) is 12.7 Å². The molecule has 0 aliphatic carbocycles. The number of aromatic nitrogens is 2. The number of alkyl halides is 2. The molecule has 2 aliphatic rings. The van der Waals surface area contributed by atoms with Crippen molar-refractivity contribution < 1.29 is 31.1 Å². The summed E-state index contributed by atoms with van der Waals surface area (Å²) < 4.78 is 75.9. The summed E-state index contributed by atoms with van der Waals surface area (Å²) in [6.07, 6.45) is 3.45. The molecule has 0 unspecified atom stereocenters. The second-order valence-electron chi connectivity index (χ2n) is 12.4. The molecule has 0 bridgehead atoms. The number of fused-ring (bicyclic) bond motifs is 1. The Morgan fingerprint density at radius 2 is 1.96 bits per heavy atom. The van der Waals surface area contributed by atoms with Crippen LogP contribution >= 0.6 is 0 Å². The zero-order valence-corrected chi connectivity index (χ0v) is 27.0. The summed E-state index contributed by atoms with van der Waals surface area (Å²) in [7, 11) is -3.27. The van der Waals surface area contributed by atoms with Crippen molar-refractivity contribution in [3.05, 3.63) is 59.4 Å². The van der Waals surface area contributed by atoms with Crippen molar-refractivity contribution in [2.24, 2.45) is 0 Å². The number of carbonyl (C=O) groups excluding carboxylic acids is 1. The number of pyridine rings is 1. The molecule has 5 rings (SSSR count). The molecule has 3 aromatic rings. The first-order valence-electron chi connectivity index (χ1n) is 15.6. The number of benzene rings is 1. The highest BCUT2D eigenvalue weighted by Gasteiger charge is 2.31. The molecule has 2 fully saturated rings. The Bertz CT molecular complexity index is 1620. The van der Waals surface area contributed by atoms with Crippen LogP contribution in [0.1, 0.15) is 67.7 Å².